The number of aromatic nitrogens is 3. The van der Waals surface area contributed by atoms with E-state index in [-0.39, 0.29) is 12.1 Å². The van der Waals surface area contributed by atoms with Crippen LogP contribution in [0.5, 0.6) is 0 Å². The minimum atomic E-state index is -0.115. The van der Waals surface area contributed by atoms with Gasteiger partial charge in [-0.05, 0) is 48.6 Å². The van der Waals surface area contributed by atoms with E-state index in [1.807, 2.05) is 27.2 Å². The Morgan fingerprint density at radius 1 is 1.22 bits per heavy atom. The van der Waals surface area contributed by atoms with E-state index in [1.165, 1.54) is 0 Å². The predicted octanol–water partition coefficient (Wildman–Crippen LogP) is 3.75. The molecule has 27 heavy (non-hydrogen) atoms. The third kappa shape index (κ3) is 3.83. The monoisotopic (exact) mass is 378 g/mol. The summed E-state index contributed by atoms with van der Waals surface area (Å²) in [5, 5.41) is 24.3. The van der Waals surface area contributed by atoms with Gasteiger partial charge in [-0.25, -0.2) is 9.48 Å². The van der Waals surface area contributed by atoms with Crippen molar-refractivity contribution in [3.05, 3.63) is 52.9 Å². The van der Waals surface area contributed by atoms with Gasteiger partial charge in [0.05, 0.1) is 23.9 Å². The Hall–Kier alpha value is -3.18. The maximum atomic E-state index is 12.4. The molecule has 1 saturated heterocycles. The number of hydrogen-bond acceptors (Lipinski definition) is 5. The Labute approximate surface area is 160 Å². The molecular weight excluding hydrogens is 360 g/mol. The molecule has 2 aromatic heterocycles. The van der Waals surface area contributed by atoms with Crippen molar-refractivity contribution < 1.29 is 4.79 Å². The van der Waals surface area contributed by atoms with Crippen LogP contribution in [0.3, 0.4) is 0 Å². The summed E-state index contributed by atoms with van der Waals surface area (Å²) in [6, 6.07) is 11.1. The van der Waals surface area contributed by atoms with Gasteiger partial charge in [0.25, 0.3) is 0 Å². The molecule has 0 atom stereocenters. The molecule has 0 aliphatic carbocycles. The largest absolute Gasteiger partial charge is 0.324 e. The lowest BCUT2D eigenvalue weighted by Crippen LogP contribution is -2.41. The number of piperidine rings is 1. The number of hydrogen-bond donors (Lipinski definition) is 1. The molecule has 2 amide bonds. The van der Waals surface area contributed by atoms with Crippen molar-refractivity contribution in [1.29, 1.82) is 5.26 Å². The summed E-state index contributed by atoms with van der Waals surface area (Å²) in [6.07, 6.45) is 3.67. The maximum absolute atomic E-state index is 12.4. The lowest BCUT2D eigenvalue weighted by atomic mass is 10.1. The standard InChI is InChI=1S/C19H18N6OS/c20-11-14-1-3-16(4-2-14)21-19(26)24-8-5-17(6-9-24)25-12-18(22-23-25)15-7-10-27-13-15/h1-4,7,10,12-13,17H,5-6,8-9H2,(H,21,26). The second-order valence-corrected chi connectivity index (χ2v) is 7.21. The lowest BCUT2D eigenvalue weighted by molar-refractivity contribution is 0.179. The predicted molar refractivity (Wildman–Crippen MR) is 103 cm³/mol. The summed E-state index contributed by atoms with van der Waals surface area (Å²) in [5.74, 6) is 0. The Kier molecular flexibility index (Phi) is 4.85. The van der Waals surface area contributed by atoms with Gasteiger partial charge in [-0.15, -0.1) is 5.10 Å². The average Bonchev–Trinajstić information content (AvgIpc) is 3.40. The number of carbonyl (C=O) groups is 1. The van der Waals surface area contributed by atoms with E-state index >= 15 is 0 Å². The molecule has 0 bridgehead atoms. The van der Waals surface area contributed by atoms with Crippen LogP contribution in [0.1, 0.15) is 24.4 Å². The second-order valence-electron chi connectivity index (χ2n) is 6.43. The number of benzene rings is 1. The highest BCUT2D eigenvalue weighted by Crippen LogP contribution is 2.25. The summed E-state index contributed by atoms with van der Waals surface area (Å²) in [5.41, 5.74) is 3.24. The van der Waals surface area contributed by atoms with Crippen LogP contribution in [0.15, 0.2) is 47.3 Å². The van der Waals surface area contributed by atoms with Crippen LogP contribution in [-0.4, -0.2) is 39.0 Å². The number of anilines is 1. The third-order valence-corrected chi connectivity index (χ3v) is 5.40. The Balaban J connectivity index is 1.33. The highest BCUT2D eigenvalue weighted by atomic mass is 32.1. The Morgan fingerprint density at radius 2 is 2.00 bits per heavy atom. The van der Waals surface area contributed by atoms with E-state index < -0.39 is 0 Å². The number of likely N-dealkylation sites (tertiary alicyclic amines) is 1. The molecule has 0 radical (unpaired) electrons. The van der Waals surface area contributed by atoms with Crippen LogP contribution in [-0.2, 0) is 0 Å². The molecule has 3 heterocycles. The Morgan fingerprint density at radius 3 is 2.67 bits per heavy atom. The summed E-state index contributed by atoms with van der Waals surface area (Å²) in [4.78, 5) is 14.3. The van der Waals surface area contributed by atoms with Gasteiger partial charge >= 0.3 is 6.03 Å². The van der Waals surface area contributed by atoms with Gasteiger partial charge in [-0.3, -0.25) is 0 Å². The molecule has 0 spiro atoms. The quantitative estimate of drug-likeness (QED) is 0.752. The fraction of sp³-hybridized carbons (Fsp3) is 0.263. The number of carbonyl (C=O) groups excluding carboxylic acids is 1. The van der Waals surface area contributed by atoms with E-state index in [0.29, 0.717) is 24.3 Å². The molecule has 0 saturated carbocycles. The minimum Gasteiger partial charge on any atom is -0.324 e. The van der Waals surface area contributed by atoms with Crippen molar-refractivity contribution in [2.24, 2.45) is 0 Å². The number of nitrogens with zero attached hydrogens (tertiary/aromatic N) is 5. The van der Waals surface area contributed by atoms with Crippen molar-refractivity contribution >= 4 is 23.1 Å². The SMILES string of the molecule is N#Cc1ccc(NC(=O)N2CCC(n3cc(-c4ccsc4)nn3)CC2)cc1. The molecule has 1 fully saturated rings. The lowest BCUT2D eigenvalue weighted by Gasteiger charge is -2.31. The molecule has 7 nitrogen and oxygen atoms in total. The van der Waals surface area contributed by atoms with Crippen molar-refractivity contribution in [2.75, 3.05) is 18.4 Å². The highest BCUT2D eigenvalue weighted by molar-refractivity contribution is 7.08. The number of nitriles is 1. The molecule has 4 rings (SSSR count). The molecule has 8 heteroatoms. The highest BCUT2D eigenvalue weighted by Gasteiger charge is 2.25. The second kappa shape index (κ2) is 7.60. The Bertz CT molecular complexity index is 949. The van der Waals surface area contributed by atoms with Crippen LogP contribution in [0.25, 0.3) is 11.3 Å². The van der Waals surface area contributed by atoms with Crippen LogP contribution in [0.4, 0.5) is 10.5 Å². The number of amides is 2. The zero-order valence-electron chi connectivity index (χ0n) is 14.6. The van der Waals surface area contributed by atoms with Gasteiger partial charge in [0.1, 0.15) is 5.69 Å². The van der Waals surface area contributed by atoms with Crippen LogP contribution >= 0.6 is 11.3 Å². The van der Waals surface area contributed by atoms with E-state index in [1.54, 1.807) is 35.6 Å². The summed E-state index contributed by atoms with van der Waals surface area (Å²) in [7, 11) is 0. The summed E-state index contributed by atoms with van der Waals surface area (Å²) in [6.45, 7) is 1.33. The number of rotatable bonds is 3. The first-order chi connectivity index (χ1) is 13.2. The fourth-order valence-electron chi connectivity index (χ4n) is 3.16. The zero-order valence-corrected chi connectivity index (χ0v) is 15.4. The number of urea groups is 1. The maximum Gasteiger partial charge on any atom is 0.321 e. The van der Waals surface area contributed by atoms with Gasteiger partial charge in [0.15, 0.2) is 0 Å². The molecule has 3 aromatic rings. The molecule has 0 unspecified atom stereocenters. The van der Waals surface area contributed by atoms with Gasteiger partial charge < -0.3 is 10.2 Å². The fourth-order valence-corrected chi connectivity index (χ4v) is 3.81. The summed E-state index contributed by atoms with van der Waals surface area (Å²) < 4.78 is 1.92. The number of thiophene rings is 1. The molecular formula is C19H18N6OS. The first-order valence-corrected chi connectivity index (χ1v) is 9.68. The van der Waals surface area contributed by atoms with Crippen LogP contribution in [0, 0.1) is 11.3 Å². The first kappa shape index (κ1) is 17.2. The van der Waals surface area contributed by atoms with E-state index in [4.69, 9.17) is 5.26 Å². The summed E-state index contributed by atoms with van der Waals surface area (Å²) >= 11 is 1.64. The van der Waals surface area contributed by atoms with Crippen LogP contribution < -0.4 is 5.32 Å². The van der Waals surface area contributed by atoms with Gasteiger partial charge in [0.2, 0.25) is 0 Å². The van der Waals surface area contributed by atoms with Crippen LogP contribution in [0.2, 0.25) is 0 Å². The smallest absolute Gasteiger partial charge is 0.321 e. The number of nitrogens with one attached hydrogen (secondary N) is 1. The van der Waals surface area contributed by atoms with Gasteiger partial charge in [0, 0.05) is 29.7 Å². The minimum absolute atomic E-state index is 0.115. The molecule has 1 aliphatic heterocycles. The van der Waals surface area contributed by atoms with Crippen molar-refractivity contribution in [1.82, 2.24) is 19.9 Å². The van der Waals surface area contributed by atoms with Crippen molar-refractivity contribution in [3.8, 4) is 17.3 Å². The van der Waals surface area contributed by atoms with Gasteiger partial charge in [-0.1, -0.05) is 5.21 Å². The van der Waals surface area contributed by atoms with E-state index in [9.17, 15) is 4.79 Å². The molecule has 1 N–H and O–H groups in total. The van der Waals surface area contributed by atoms with E-state index in [0.717, 1.165) is 24.1 Å². The van der Waals surface area contributed by atoms with E-state index in [2.05, 4.69) is 27.1 Å². The van der Waals surface area contributed by atoms with Crippen molar-refractivity contribution in [3.63, 3.8) is 0 Å². The van der Waals surface area contributed by atoms with Crippen molar-refractivity contribution in [2.45, 2.75) is 18.9 Å². The molecule has 1 aliphatic rings. The normalized spacial score (nSPS) is 14.7. The molecule has 1 aromatic carbocycles. The van der Waals surface area contributed by atoms with Gasteiger partial charge in [-0.2, -0.15) is 16.6 Å². The average molecular weight is 378 g/mol. The molecule has 136 valence electrons. The first-order valence-electron chi connectivity index (χ1n) is 8.73. The third-order valence-electron chi connectivity index (χ3n) is 4.72. The zero-order chi connectivity index (χ0) is 18.6. The topological polar surface area (TPSA) is 86.8 Å².